The number of rotatable bonds is 6. The molecule has 5 rings (SSSR count). The van der Waals surface area contributed by atoms with Gasteiger partial charge in [-0.25, -0.2) is 4.98 Å². The molecule has 0 radical (unpaired) electrons. The summed E-state index contributed by atoms with van der Waals surface area (Å²) in [4.78, 5) is 30.4. The van der Waals surface area contributed by atoms with Gasteiger partial charge in [-0.1, -0.05) is 91.0 Å². The average molecular weight is 474 g/mol. The Bertz CT molecular complexity index is 1450. The number of amides is 2. The van der Waals surface area contributed by atoms with Crippen LogP contribution in [0.15, 0.2) is 103 Å². The maximum atomic E-state index is 13.0. The Morgan fingerprint density at radius 2 is 0.944 bits per heavy atom. The minimum absolute atomic E-state index is 0.201. The van der Waals surface area contributed by atoms with Crippen molar-refractivity contribution in [1.82, 2.24) is 15.6 Å². The number of nitrogens with one attached hydrogen (secondary N) is 2. The second-order valence-corrected chi connectivity index (χ2v) is 8.94. The molecule has 2 atom stereocenters. The van der Waals surface area contributed by atoms with Gasteiger partial charge in [0, 0.05) is 0 Å². The Balaban J connectivity index is 1.31. The molecule has 0 bridgehead atoms. The zero-order valence-corrected chi connectivity index (χ0v) is 20.2. The van der Waals surface area contributed by atoms with Gasteiger partial charge in [-0.3, -0.25) is 9.59 Å². The zero-order valence-electron chi connectivity index (χ0n) is 20.2. The van der Waals surface area contributed by atoms with Gasteiger partial charge >= 0.3 is 0 Å². The van der Waals surface area contributed by atoms with E-state index in [9.17, 15) is 9.59 Å². The molecule has 1 heterocycles. The summed E-state index contributed by atoms with van der Waals surface area (Å²) in [7, 11) is 0. The lowest BCUT2D eigenvalue weighted by molar-refractivity contribution is 0.0931. The average Bonchev–Trinajstić information content (AvgIpc) is 2.92. The minimum atomic E-state index is -0.327. The third-order valence-corrected chi connectivity index (χ3v) is 6.49. The number of hydrogen-bond acceptors (Lipinski definition) is 3. The van der Waals surface area contributed by atoms with Crippen LogP contribution in [0.5, 0.6) is 0 Å². The smallest absolute Gasteiger partial charge is 0.270 e. The van der Waals surface area contributed by atoms with Crippen LogP contribution in [-0.4, -0.2) is 16.8 Å². The van der Waals surface area contributed by atoms with Gasteiger partial charge in [0.15, 0.2) is 0 Å². The fourth-order valence-electron chi connectivity index (χ4n) is 4.64. The van der Waals surface area contributed by atoms with Gasteiger partial charge in [0.25, 0.3) is 11.8 Å². The van der Waals surface area contributed by atoms with Gasteiger partial charge in [0.05, 0.1) is 12.1 Å². The van der Waals surface area contributed by atoms with Crippen LogP contribution in [0.3, 0.4) is 0 Å². The normalized spacial score (nSPS) is 12.7. The van der Waals surface area contributed by atoms with Crippen LogP contribution in [-0.2, 0) is 0 Å². The monoisotopic (exact) mass is 473 g/mol. The molecule has 0 aliphatic carbocycles. The molecule has 36 heavy (non-hydrogen) atoms. The van der Waals surface area contributed by atoms with E-state index in [0.717, 1.165) is 32.7 Å². The van der Waals surface area contributed by atoms with Crippen molar-refractivity contribution >= 4 is 33.4 Å². The molecular weight excluding hydrogens is 446 g/mol. The van der Waals surface area contributed by atoms with E-state index in [1.807, 2.05) is 74.5 Å². The Kier molecular flexibility index (Phi) is 6.46. The van der Waals surface area contributed by atoms with Crippen molar-refractivity contribution in [2.75, 3.05) is 0 Å². The molecule has 0 aliphatic rings. The quantitative estimate of drug-likeness (QED) is 0.301. The van der Waals surface area contributed by atoms with Crippen LogP contribution in [0, 0.1) is 0 Å². The second kappa shape index (κ2) is 10.0. The Morgan fingerprint density at radius 3 is 1.42 bits per heavy atom. The second-order valence-electron chi connectivity index (χ2n) is 8.94. The molecule has 0 unspecified atom stereocenters. The van der Waals surface area contributed by atoms with E-state index in [4.69, 9.17) is 0 Å². The lowest BCUT2D eigenvalue weighted by Gasteiger charge is -2.18. The predicted octanol–water partition coefficient (Wildman–Crippen LogP) is 6.37. The van der Waals surface area contributed by atoms with Crippen LogP contribution >= 0.6 is 0 Å². The third-order valence-electron chi connectivity index (χ3n) is 6.49. The molecule has 2 N–H and O–H groups in total. The summed E-state index contributed by atoms with van der Waals surface area (Å²) in [6.45, 7) is 3.89. The summed E-state index contributed by atoms with van der Waals surface area (Å²) in [5.74, 6) is -0.653. The Hall–Kier alpha value is -4.51. The Morgan fingerprint density at radius 1 is 0.556 bits per heavy atom. The summed E-state index contributed by atoms with van der Waals surface area (Å²) in [5, 5.41) is 10.5. The molecule has 0 spiro atoms. The zero-order chi connectivity index (χ0) is 25.1. The molecule has 0 aliphatic heterocycles. The van der Waals surface area contributed by atoms with E-state index >= 15 is 0 Å². The highest BCUT2D eigenvalue weighted by Gasteiger charge is 2.18. The Labute approximate surface area is 210 Å². The summed E-state index contributed by atoms with van der Waals surface area (Å²) >= 11 is 0. The molecule has 0 saturated carbocycles. The topological polar surface area (TPSA) is 71.1 Å². The van der Waals surface area contributed by atoms with Crippen molar-refractivity contribution < 1.29 is 9.59 Å². The van der Waals surface area contributed by atoms with E-state index in [-0.39, 0.29) is 35.3 Å². The van der Waals surface area contributed by atoms with Gasteiger partial charge in [-0.05, 0) is 58.7 Å². The lowest BCUT2D eigenvalue weighted by Crippen LogP contribution is -2.30. The van der Waals surface area contributed by atoms with Gasteiger partial charge in [-0.15, -0.1) is 0 Å². The van der Waals surface area contributed by atoms with E-state index in [1.165, 1.54) is 0 Å². The molecule has 1 aromatic heterocycles. The first-order chi connectivity index (χ1) is 17.5. The van der Waals surface area contributed by atoms with Crippen LogP contribution in [0.4, 0.5) is 0 Å². The molecule has 5 nitrogen and oxygen atoms in total. The molecule has 5 heteroatoms. The maximum absolute atomic E-state index is 13.0. The van der Waals surface area contributed by atoms with Crippen LogP contribution < -0.4 is 10.6 Å². The minimum Gasteiger partial charge on any atom is -0.344 e. The number of aromatic nitrogens is 1. The highest BCUT2D eigenvalue weighted by Crippen LogP contribution is 2.25. The molecule has 178 valence electrons. The SMILES string of the molecule is C[C@@H](NC(=O)c1cccc(C(=O)N[C@H](C)c2cccc3ccccc23)n1)c1cccc2ccccc12. The van der Waals surface area contributed by atoms with Crippen molar-refractivity contribution in [3.8, 4) is 0 Å². The van der Waals surface area contributed by atoms with Crippen molar-refractivity contribution in [2.45, 2.75) is 25.9 Å². The van der Waals surface area contributed by atoms with E-state index in [2.05, 4.69) is 39.9 Å². The number of hydrogen-bond donors (Lipinski definition) is 2. The largest absolute Gasteiger partial charge is 0.344 e. The standard InChI is InChI=1S/C31H27N3O2/c1-20(24-16-7-12-22-10-3-5-14-26(22)24)32-30(35)28-18-9-19-29(34-28)31(36)33-21(2)25-17-8-13-23-11-4-6-15-27(23)25/h3-21H,1-2H3,(H,32,35)(H,33,36)/t20-,21-/m1/s1. The maximum Gasteiger partial charge on any atom is 0.270 e. The van der Waals surface area contributed by atoms with E-state index in [0.29, 0.717) is 0 Å². The van der Waals surface area contributed by atoms with Crippen molar-refractivity contribution in [3.63, 3.8) is 0 Å². The van der Waals surface area contributed by atoms with E-state index < -0.39 is 0 Å². The van der Waals surface area contributed by atoms with Gasteiger partial charge in [0.1, 0.15) is 11.4 Å². The molecule has 0 fully saturated rings. The molecule has 2 amide bonds. The van der Waals surface area contributed by atoms with Gasteiger partial charge < -0.3 is 10.6 Å². The van der Waals surface area contributed by atoms with Gasteiger partial charge in [0.2, 0.25) is 0 Å². The highest BCUT2D eigenvalue weighted by atomic mass is 16.2. The van der Waals surface area contributed by atoms with Crippen LogP contribution in [0.2, 0.25) is 0 Å². The number of fused-ring (bicyclic) bond motifs is 2. The van der Waals surface area contributed by atoms with E-state index in [1.54, 1.807) is 18.2 Å². The first-order valence-electron chi connectivity index (χ1n) is 12.1. The first-order valence-corrected chi connectivity index (χ1v) is 12.1. The fourth-order valence-corrected chi connectivity index (χ4v) is 4.64. The molecule has 4 aromatic carbocycles. The summed E-state index contributed by atoms with van der Waals surface area (Å²) < 4.78 is 0. The summed E-state index contributed by atoms with van der Waals surface area (Å²) in [6, 6.07) is 32.7. The van der Waals surface area contributed by atoms with Crippen molar-refractivity contribution in [1.29, 1.82) is 0 Å². The number of carbonyl (C=O) groups excluding carboxylic acids is 2. The molecule has 5 aromatic rings. The van der Waals surface area contributed by atoms with Crippen molar-refractivity contribution in [2.24, 2.45) is 0 Å². The van der Waals surface area contributed by atoms with Crippen LogP contribution in [0.25, 0.3) is 21.5 Å². The highest BCUT2D eigenvalue weighted by molar-refractivity contribution is 5.97. The lowest BCUT2D eigenvalue weighted by atomic mass is 9.99. The van der Waals surface area contributed by atoms with Crippen molar-refractivity contribution in [3.05, 3.63) is 126 Å². The first kappa shape index (κ1) is 23.2. The summed E-state index contributed by atoms with van der Waals surface area (Å²) in [6.07, 6.45) is 0. The molecule has 0 saturated heterocycles. The fraction of sp³-hybridized carbons (Fsp3) is 0.129. The van der Waals surface area contributed by atoms with Gasteiger partial charge in [-0.2, -0.15) is 0 Å². The molecular formula is C31H27N3O2. The third kappa shape index (κ3) is 4.68. The summed E-state index contributed by atoms with van der Waals surface area (Å²) in [5.41, 5.74) is 2.46. The number of nitrogens with zero attached hydrogens (tertiary/aromatic N) is 1. The predicted molar refractivity (Wildman–Crippen MR) is 144 cm³/mol. The van der Waals surface area contributed by atoms with Crippen LogP contribution in [0.1, 0.15) is 58.0 Å². The number of pyridine rings is 1. The number of carbonyl (C=O) groups is 2. The number of benzene rings is 4.